The molecule has 2 aromatic carbocycles. The first-order valence-corrected chi connectivity index (χ1v) is 7.47. The summed E-state index contributed by atoms with van der Waals surface area (Å²) >= 11 is 0. The molecule has 2 heterocycles. The second-order valence-corrected chi connectivity index (χ2v) is 5.61. The number of aromatic hydroxyl groups is 2. The molecule has 0 atom stereocenters. The first kappa shape index (κ1) is 13.6. The van der Waals surface area contributed by atoms with Gasteiger partial charge in [-0.2, -0.15) is 0 Å². The van der Waals surface area contributed by atoms with Crippen molar-refractivity contribution < 1.29 is 14.9 Å². The quantitative estimate of drug-likeness (QED) is 0.712. The Morgan fingerprint density at radius 2 is 1.83 bits per heavy atom. The second-order valence-electron chi connectivity index (χ2n) is 5.61. The van der Waals surface area contributed by atoms with Crippen molar-refractivity contribution in [1.29, 1.82) is 0 Å². The number of phenols is 2. The molecule has 0 fully saturated rings. The summed E-state index contributed by atoms with van der Waals surface area (Å²) in [6.07, 6.45) is 5.00. The van der Waals surface area contributed by atoms with Crippen LogP contribution in [0.1, 0.15) is 11.1 Å². The van der Waals surface area contributed by atoms with Crippen LogP contribution in [0.3, 0.4) is 0 Å². The van der Waals surface area contributed by atoms with Gasteiger partial charge in [0.25, 0.3) is 0 Å². The average molecular weight is 305 g/mol. The van der Waals surface area contributed by atoms with Gasteiger partial charge in [0.15, 0.2) is 0 Å². The van der Waals surface area contributed by atoms with E-state index in [-0.39, 0.29) is 11.5 Å². The molecule has 4 rings (SSSR count). The van der Waals surface area contributed by atoms with Crippen LogP contribution in [0.4, 0.5) is 0 Å². The molecule has 0 spiro atoms. The summed E-state index contributed by atoms with van der Waals surface area (Å²) in [5.74, 6) is 1.33. The Kier molecular flexibility index (Phi) is 3.15. The number of nitrogens with zero attached hydrogens (tertiary/aromatic N) is 1. The minimum atomic E-state index is -0.00307. The molecule has 1 aliphatic heterocycles. The molecule has 4 heteroatoms. The molecule has 1 aliphatic rings. The summed E-state index contributed by atoms with van der Waals surface area (Å²) in [7, 11) is 0. The van der Waals surface area contributed by atoms with Crippen molar-refractivity contribution in [2.24, 2.45) is 0 Å². The van der Waals surface area contributed by atoms with E-state index in [9.17, 15) is 10.2 Å². The Hall–Kier alpha value is -3.01. The normalized spacial score (nSPS) is 12.7. The van der Waals surface area contributed by atoms with Crippen molar-refractivity contribution in [1.82, 2.24) is 4.98 Å². The van der Waals surface area contributed by atoms with E-state index in [1.165, 1.54) is 6.07 Å². The summed E-state index contributed by atoms with van der Waals surface area (Å²) in [4.78, 5) is 4.15. The third-order valence-electron chi connectivity index (χ3n) is 4.09. The van der Waals surface area contributed by atoms with Gasteiger partial charge in [0.1, 0.15) is 23.0 Å². The minimum absolute atomic E-state index is 0.00307. The lowest BCUT2D eigenvalue weighted by Gasteiger charge is -2.11. The van der Waals surface area contributed by atoms with Crippen LogP contribution in [0.15, 0.2) is 54.9 Å². The highest BCUT2D eigenvalue weighted by molar-refractivity contribution is 5.65. The van der Waals surface area contributed by atoms with Crippen molar-refractivity contribution >= 4 is 0 Å². The van der Waals surface area contributed by atoms with Crippen molar-refractivity contribution in [2.45, 2.75) is 12.8 Å². The maximum absolute atomic E-state index is 10.0. The van der Waals surface area contributed by atoms with Crippen LogP contribution in [0, 0.1) is 0 Å². The number of phenolic OH excluding ortho intramolecular Hbond substituents is 2. The van der Waals surface area contributed by atoms with Crippen LogP contribution in [-0.2, 0) is 12.8 Å². The Labute approximate surface area is 133 Å². The van der Waals surface area contributed by atoms with Crippen LogP contribution < -0.4 is 4.74 Å². The third-order valence-corrected chi connectivity index (χ3v) is 4.09. The summed E-state index contributed by atoms with van der Waals surface area (Å²) < 4.78 is 5.92. The highest BCUT2D eigenvalue weighted by Gasteiger charge is 2.19. The van der Waals surface area contributed by atoms with Crippen molar-refractivity contribution in [3.63, 3.8) is 0 Å². The van der Waals surface area contributed by atoms with E-state index in [1.54, 1.807) is 12.3 Å². The molecule has 23 heavy (non-hydrogen) atoms. The lowest BCUT2D eigenvalue weighted by Crippen LogP contribution is -1.90. The first-order chi connectivity index (χ1) is 11.2. The molecule has 4 nitrogen and oxygen atoms in total. The van der Waals surface area contributed by atoms with Crippen LogP contribution in [-0.4, -0.2) is 15.2 Å². The number of hydrogen-bond donors (Lipinski definition) is 2. The fourth-order valence-corrected chi connectivity index (χ4v) is 2.92. The number of hydrogen-bond acceptors (Lipinski definition) is 4. The zero-order valence-electron chi connectivity index (χ0n) is 12.4. The van der Waals surface area contributed by atoms with Gasteiger partial charge in [-0.3, -0.25) is 4.98 Å². The van der Waals surface area contributed by atoms with Crippen molar-refractivity contribution in [3.8, 4) is 34.1 Å². The monoisotopic (exact) mass is 305 g/mol. The maximum Gasteiger partial charge on any atom is 0.138 e. The van der Waals surface area contributed by atoms with E-state index in [2.05, 4.69) is 11.1 Å². The predicted molar refractivity (Wildman–Crippen MR) is 86.9 cm³/mol. The molecule has 2 N–H and O–H groups in total. The fourth-order valence-electron chi connectivity index (χ4n) is 2.92. The van der Waals surface area contributed by atoms with Gasteiger partial charge in [-0.1, -0.05) is 12.1 Å². The highest BCUT2D eigenvalue weighted by Crippen LogP contribution is 2.41. The van der Waals surface area contributed by atoms with E-state index < -0.39 is 0 Å². The SMILES string of the molecule is Oc1cc(O)c2c(c1)Oc1ccc(-c3cccnc3)cc1CC2. The average Bonchev–Trinajstić information content (AvgIpc) is 2.74. The molecule has 0 saturated heterocycles. The molecule has 0 amide bonds. The number of ether oxygens (including phenoxy) is 1. The minimum Gasteiger partial charge on any atom is -0.508 e. The molecule has 0 radical (unpaired) electrons. The van der Waals surface area contributed by atoms with Gasteiger partial charge in [0, 0.05) is 35.7 Å². The molecule has 0 unspecified atom stereocenters. The maximum atomic E-state index is 10.0. The van der Waals surface area contributed by atoms with E-state index in [1.807, 2.05) is 30.5 Å². The Morgan fingerprint density at radius 1 is 0.913 bits per heavy atom. The Bertz CT molecular complexity index is 875. The standard InChI is InChI=1S/C19H15NO3/c21-15-9-17(22)16-5-3-13-8-12(14-2-1-7-20-11-14)4-6-18(13)23-19(16)10-15/h1-2,4,6-11,21-22H,3,5H2. The topological polar surface area (TPSA) is 62.6 Å². The zero-order valence-corrected chi connectivity index (χ0v) is 12.4. The molecule has 3 aromatic rings. The van der Waals surface area contributed by atoms with E-state index in [0.717, 1.165) is 34.4 Å². The van der Waals surface area contributed by atoms with Crippen LogP contribution in [0.25, 0.3) is 11.1 Å². The molecule has 114 valence electrons. The van der Waals surface area contributed by atoms with Crippen molar-refractivity contribution in [2.75, 3.05) is 0 Å². The van der Waals surface area contributed by atoms with Gasteiger partial charge >= 0.3 is 0 Å². The van der Waals surface area contributed by atoms with Crippen LogP contribution in [0.2, 0.25) is 0 Å². The third kappa shape index (κ3) is 2.48. The van der Waals surface area contributed by atoms with Crippen LogP contribution in [0.5, 0.6) is 23.0 Å². The van der Waals surface area contributed by atoms with E-state index in [0.29, 0.717) is 12.2 Å². The molecule has 0 aliphatic carbocycles. The molecular weight excluding hydrogens is 290 g/mol. The number of aryl methyl sites for hydroxylation is 1. The lowest BCUT2D eigenvalue weighted by molar-refractivity contribution is 0.427. The summed E-state index contributed by atoms with van der Waals surface area (Å²) in [5, 5.41) is 19.7. The summed E-state index contributed by atoms with van der Waals surface area (Å²) in [6.45, 7) is 0. The largest absolute Gasteiger partial charge is 0.508 e. The van der Waals surface area contributed by atoms with E-state index >= 15 is 0 Å². The first-order valence-electron chi connectivity index (χ1n) is 7.47. The van der Waals surface area contributed by atoms with Gasteiger partial charge in [-0.25, -0.2) is 0 Å². The number of fused-ring (bicyclic) bond motifs is 2. The fraction of sp³-hybridized carbons (Fsp3) is 0.105. The Morgan fingerprint density at radius 3 is 2.65 bits per heavy atom. The number of pyridine rings is 1. The van der Waals surface area contributed by atoms with E-state index in [4.69, 9.17) is 4.74 Å². The Balaban J connectivity index is 1.76. The number of aromatic nitrogens is 1. The zero-order chi connectivity index (χ0) is 15.8. The lowest BCUT2D eigenvalue weighted by atomic mass is 9.99. The summed E-state index contributed by atoms with van der Waals surface area (Å²) in [5.41, 5.74) is 3.93. The molecular formula is C19H15NO3. The van der Waals surface area contributed by atoms with Gasteiger partial charge in [-0.15, -0.1) is 0 Å². The van der Waals surface area contributed by atoms with Crippen molar-refractivity contribution in [3.05, 3.63) is 66.0 Å². The predicted octanol–water partition coefficient (Wildman–Crippen LogP) is 4.05. The smallest absolute Gasteiger partial charge is 0.138 e. The van der Waals surface area contributed by atoms with Crippen LogP contribution >= 0.6 is 0 Å². The van der Waals surface area contributed by atoms with Gasteiger partial charge in [-0.05, 0) is 42.2 Å². The number of benzene rings is 2. The number of rotatable bonds is 1. The second kappa shape index (κ2) is 5.32. The molecule has 0 saturated carbocycles. The molecule has 1 aromatic heterocycles. The van der Waals surface area contributed by atoms with Gasteiger partial charge < -0.3 is 14.9 Å². The highest BCUT2D eigenvalue weighted by atomic mass is 16.5. The van der Waals surface area contributed by atoms with Gasteiger partial charge in [0.05, 0.1) is 0 Å². The summed E-state index contributed by atoms with van der Waals surface area (Å²) in [6, 6.07) is 12.8. The molecule has 0 bridgehead atoms. The van der Waals surface area contributed by atoms with Gasteiger partial charge in [0.2, 0.25) is 0 Å².